The minimum absolute atomic E-state index is 0.450. The Morgan fingerprint density at radius 3 is 2.24 bits per heavy atom. The SMILES string of the molecule is NC(=O)NCc1ccc(-c2ccncc2)cc1. The third-order valence-corrected chi connectivity index (χ3v) is 2.43. The highest BCUT2D eigenvalue weighted by Crippen LogP contribution is 2.18. The quantitative estimate of drug-likeness (QED) is 0.841. The van der Waals surface area contributed by atoms with Crippen LogP contribution in [0.2, 0.25) is 0 Å². The van der Waals surface area contributed by atoms with Gasteiger partial charge in [-0.05, 0) is 28.8 Å². The van der Waals surface area contributed by atoms with Crippen LogP contribution in [0, 0.1) is 0 Å². The summed E-state index contributed by atoms with van der Waals surface area (Å²) in [6.07, 6.45) is 3.52. The number of rotatable bonds is 3. The first kappa shape index (κ1) is 11.1. The van der Waals surface area contributed by atoms with E-state index in [9.17, 15) is 4.79 Å². The van der Waals surface area contributed by atoms with Gasteiger partial charge in [0.25, 0.3) is 0 Å². The summed E-state index contributed by atoms with van der Waals surface area (Å²) in [5.41, 5.74) is 8.26. The highest BCUT2D eigenvalue weighted by atomic mass is 16.2. The van der Waals surface area contributed by atoms with E-state index in [2.05, 4.69) is 10.3 Å². The molecule has 2 aromatic rings. The number of nitrogens with two attached hydrogens (primary N) is 1. The van der Waals surface area contributed by atoms with Gasteiger partial charge in [0.2, 0.25) is 0 Å². The standard InChI is InChI=1S/C13H13N3O/c14-13(17)16-9-10-1-3-11(4-2-10)12-5-7-15-8-6-12/h1-8H,9H2,(H3,14,16,17). The Bertz CT molecular complexity index is 494. The van der Waals surface area contributed by atoms with Crippen molar-refractivity contribution in [3.8, 4) is 11.1 Å². The van der Waals surface area contributed by atoms with E-state index in [4.69, 9.17) is 5.73 Å². The van der Waals surface area contributed by atoms with Crippen molar-refractivity contribution in [1.82, 2.24) is 10.3 Å². The Hall–Kier alpha value is -2.36. The van der Waals surface area contributed by atoms with Gasteiger partial charge >= 0.3 is 6.03 Å². The van der Waals surface area contributed by atoms with E-state index in [1.54, 1.807) is 12.4 Å². The lowest BCUT2D eigenvalue weighted by molar-refractivity contribution is 0.248. The second kappa shape index (κ2) is 5.12. The summed E-state index contributed by atoms with van der Waals surface area (Å²) < 4.78 is 0. The van der Waals surface area contributed by atoms with E-state index in [-0.39, 0.29) is 0 Å². The van der Waals surface area contributed by atoms with E-state index in [1.807, 2.05) is 36.4 Å². The molecule has 0 aliphatic rings. The van der Waals surface area contributed by atoms with Gasteiger partial charge in [-0.25, -0.2) is 4.79 Å². The molecular weight excluding hydrogens is 214 g/mol. The third kappa shape index (κ3) is 3.04. The molecule has 0 bridgehead atoms. The molecule has 1 heterocycles. The number of urea groups is 1. The molecule has 4 heteroatoms. The van der Waals surface area contributed by atoms with Crippen molar-refractivity contribution in [3.05, 3.63) is 54.4 Å². The van der Waals surface area contributed by atoms with Gasteiger partial charge in [-0.3, -0.25) is 4.98 Å². The molecule has 3 N–H and O–H groups in total. The van der Waals surface area contributed by atoms with Crippen LogP contribution < -0.4 is 11.1 Å². The molecule has 1 aromatic carbocycles. The third-order valence-electron chi connectivity index (χ3n) is 2.43. The molecular formula is C13H13N3O. The minimum Gasteiger partial charge on any atom is -0.352 e. The highest BCUT2D eigenvalue weighted by Gasteiger charge is 1.98. The normalized spacial score (nSPS) is 9.88. The number of carbonyl (C=O) groups excluding carboxylic acids is 1. The van der Waals surface area contributed by atoms with E-state index < -0.39 is 6.03 Å². The van der Waals surface area contributed by atoms with Gasteiger partial charge in [-0.2, -0.15) is 0 Å². The molecule has 0 saturated carbocycles. The number of aromatic nitrogens is 1. The zero-order chi connectivity index (χ0) is 12.1. The number of hydrogen-bond donors (Lipinski definition) is 2. The molecule has 0 saturated heterocycles. The number of pyridine rings is 1. The molecule has 0 atom stereocenters. The molecule has 0 radical (unpaired) electrons. The summed E-state index contributed by atoms with van der Waals surface area (Å²) in [5.74, 6) is 0. The van der Waals surface area contributed by atoms with Crippen molar-refractivity contribution in [2.45, 2.75) is 6.54 Å². The predicted octanol–water partition coefficient (Wildman–Crippen LogP) is 1.92. The summed E-state index contributed by atoms with van der Waals surface area (Å²) in [4.78, 5) is 14.5. The van der Waals surface area contributed by atoms with Crippen LogP contribution in [0.1, 0.15) is 5.56 Å². The maximum absolute atomic E-state index is 10.6. The number of primary amides is 1. The predicted molar refractivity (Wildman–Crippen MR) is 66.1 cm³/mol. The topological polar surface area (TPSA) is 68.0 Å². The average molecular weight is 227 g/mol. The molecule has 2 amide bonds. The Labute approximate surface area is 99.5 Å². The molecule has 1 aromatic heterocycles. The van der Waals surface area contributed by atoms with Gasteiger partial charge in [0.1, 0.15) is 0 Å². The van der Waals surface area contributed by atoms with Gasteiger partial charge in [-0.15, -0.1) is 0 Å². The van der Waals surface area contributed by atoms with Crippen molar-refractivity contribution < 1.29 is 4.79 Å². The zero-order valence-electron chi connectivity index (χ0n) is 9.26. The minimum atomic E-state index is -0.511. The van der Waals surface area contributed by atoms with Crippen LogP contribution in [0.5, 0.6) is 0 Å². The summed E-state index contributed by atoms with van der Waals surface area (Å²) in [7, 11) is 0. The maximum atomic E-state index is 10.6. The van der Waals surface area contributed by atoms with Gasteiger partial charge in [0, 0.05) is 18.9 Å². The Morgan fingerprint density at radius 2 is 1.65 bits per heavy atom. The highest BCUT2D eigenvalue weighted by molar-refractivity contribution is 5.71. The second-order valence-electron chi connectivity index (χ2n) is 3.65. The number of nitrogens with one attached hydrogen (secondary N) is 1. The molecule has 17 heavy (non-hydrogen) atoms. The van der Waals surface area contributed by atoms with Crippen molar-refractivity contribution in [1.29, 1.82) is 0 Å². The Morgan fingerprint density at radius 1 is 1.06 bits per heavy atom. The van der Waals surface area contributed by atoms with Crippen molar-refractivity contribution >= 4 is 6.03 Å². The molecule has 0 unspecified atom stereocenters. The second-order valence-corrected chi connectivity index (χ2v) is 3.65. The van der Waals surface area contributed by atoms with E-state index in [0.717, 1.165) is 16.7 Å². The lowest BCUT2D eigenvalue weighted by Crippen LogP contribution is -2.28. The van der Waals surface area contributed by atoms with Gasteiger partial charge in [-0.1, -0.05) is 24.3 Å². The van der Waals surface area contributed by atoms with Crippen molar-refractivity contribution in [2.24, 2.45) is 5.73 Å². The Kier molecular flexibility index (Phi) is 3.35. The van der Waals surface area contributed by atoms with E-state index >= 15 is 0 Å². The first-order valence-corrected chi connectivity index (χ1v) is 5.28. The Balaban J connectivity index is 2.11. The van der Waals surface area contributed by atoms with E-state index in [0.29, 0.717) is 6.54 Å². The largest absolute Gasteiger partial charge is 0.352 e. The van der Waals surface area contributed by atoms with Crippen LogP contribution in [0.15, 0.2) is 48.8 Å². The molecule has 0 spiro atoms. The average Bonchev–Trinajstić information content (AvgIpc) is 2.38. The van der Waals surface area contributed by atoms with Crippen LogP contribution >= 0.6 is 0 Å². The van der Waals surface area contributed by atoms with Crippen LogP contribution in [0.25, 0.3) is 11.1 Å². The summed E-state index contributed by atoms with van der Waals surface area (Å²) in [6.45, 7) is 0.450. The lowest BCUT2D eigenvalue weighted by Gasteiger charge is -2.04. The van der Waals surface area contributed by atoms with Crippen LogP contribution in [-0.2, 0) is 6.54 Å². The van der Waals surface area contributed by atoms with Gasteiger partial charge in [0.15, 0.2) is 0 Å². The van der Waals surface area contributed by atoms with Crippen LogP contribution in [0.4, 0.5) is 4.79 Å². The fraction of sp³-hybridized carbons (Fsp3) is 0.0769. The van der Waals surface area contributed by atoms with Gasteiger partial charge in [0.05, 0.1) is 0 Å². The lowest BCUT2D eigenvalue weighted by atomic mass is 10.1. The summed E-state index contributed by atoms with van der Waals surface area (Å²) in [6, 6.07) is 11.3. The molecule has 0 aliphatic carbocycles. The number of carbonyl (C=O) groups is 1. The monoisotopic (exact) mass is 227 g/mol. The van der Waals surface area contributed by atoms with E-state index in [1.165, 1.54) is 0 Å². The van der Waals surface area contributed by atoms with Crippen molar-refractivity contribution in [2.75, 3.05) is 0 Å². The smallest absolute Gasteiger partial charge is 0.312 e. The molecule has 4 nitrogen and oxygen atoms in total. The fourth-order valence-corrected chi connectivity index (χ4v) is 1.55. The first-order valence-electron chi connectivity index (χ1n) is 5.28. The number of amides is 2. The number of nitrogens with zero attached hydrogens (tertiary/aromatic N) is 1. The van der Waals surface area contributed by atoms with Gasteiger partial charge < -0.3 is 11.1 Å². The maximum Gasteiger partial charge on any atom is 0.312 e. The molecule has 2 rings (SSSR count). The molecule has 0 aliphatic heterocycles. The first-order chi connectivity index (χ1) is 8.25. The number of benzene rings is 1. The zero-order valence-corrected chi connectivity index (χ0v) is 9.26. The number of hydrogen-bond acceptors (Lipinski definition) is 2. The molecule has 0 fully saturated rings. The molecule has 86 valence electrons. The van der Waals surface area contributed by atoms with Crippen LogP contribution in [0.3, 0.4) is 0 Å². The summed E-state index contributed by atoms with van der Waals surface area (Å²) in [5, 5.41) is 2.55. The summed E-state index contributed by atoms with van der Waals surface area (Å²) >= 11 is 0. The van der Waals surface area contributed by atoms with Crippen LogP contribution in [-0.4, -0.2) is 11.0 Å². The fourth-order valence-electron chi connectivity index (χ4n) is 1.55. The van der Waals surface area contributed by atoms with Crippen molar-refractivity contribution in [3.63, 3.8) is 0 Å².